The molecule has 4 atom stereocenters. The summed E-state index contributed by atoms with van der Waals surface area (Å²) in [5.74, 6) is -2.59. The molecule has 3 heterocycles. The lowest BCUT2D eigenvalue weighted by Crippen LogP contribution is -2.50. The highest BCUT2D eigenvalue weighted by molar-refractivity contribution is 6.31. The molecule has 2 fully saturated rings. The number of halogens is 2. The molecular formula is C27H19Cl2N3O3. The summed E-state index contributed by atoms with van der Waals surface area (Å²) in [6, 6.07) is 19.7. The standard InChI is InChI=1S/C27H19Cl2N3O3/c28-16-6-10-18(11-7-16)30-25(33)24-23-22(21-14-5-15-3-1-2-4-20(15)32(21)24)26(34)31(27(23)35)19-12-8-17(29)9-13-19/h1-14,21-24H,(H,30,33)/t21-,22-,23-,24+/m0/s1. The Balaban J connectivity index is 1.43. The van der Waals surface area contributed by atoms with E-state index in [1.807, 2.05) is 41.3 Å². The minimum absolute atomic E-state index is 0.317. The summed E-state index contributed by atoms with van der Waals surface area (Å²) < 4.78 is 0. The van der Waals surface area contributed by atoms with Crippen molar-refractivity contribution in [2.45, 2.75) is 12.1 Å². The van der Waals surface area contributed by atoms with Crippen molar-refractivity contribution in [3.05, 3.63) is 94.5 Å². The van der Waals surface area contributed by atoms with Crippen LogP contribution in [0.3, 0.4) is 0 Å². The van der Waals surface area contributed by atoms with Gasteiger partial charge in [-0.2, -0.15) is 0 Å². The van der Waals surface area contributed by atoms with Crippen molar-refractivity contribution in [3.63, 3.8) is 0 Å². The second kappa shape index (κ2) is 8.26. The van der Waals surface area contributed by atoms with Gasteiger partial charge in [0.15, 0.2) is 0 Å². The molecule has 0 unspecified atom stereocenters. The fraction of sp³-hybridized carbons (Fsp3) is 0.148. The highest BCUT2D eigenvalue weighted by Crippen LogP contribution is 2.49. The first kappa shape index (κ1) is 21.9. The van der Waals surface area contributed by atoms with Crippen molar-refractivity contribution in [3.8, 4) is 0 Å². The Kier molecular flexibility index (Phi) is 5.16. The SMILES string of the molecule is O=C(Nc1ccc(Cl)cc1)[C@H]1[C@H]2C(=O)N(c3ccc(Cl)cc3)C(=O)[C@H]2[C@@H]2C=Cc3ccccc3N21. The molecule has 0 aliphatic carbocycles. The zero-order valence-electron chi connectivity index (χ0n) is 18.3. The minimum atomic E-state index is -0.875. The molecule has 0 saturated carbocycles. The number of fused-ring (bicyclic) bond motifs is 5. The molecule has 3 aliphatic heterocycles. The largest absolute Gasteiger partial charge is 0.351 e. The van der Waals surface area contributed by atoms with Crippen LogP contribution in [0, 0.1) is 11.8 Å². The van der Waals surface area contributed by atoms with Gasteiger partial charge in [-0.3, -0.25) is 14.4 Å². The summed E-state index contributed by atoms with van der Waals surface area (Å²) in [5.41, 5.74) is 2.76. The second-order valence-corrected chi connectivity index (χ2v) is 9.67. The van der Waals surface area contributed by atoms with Crippen LogP contribution in [0.25, 0.3) is 6.08 Å². The van der Waals surface area contributed by atoms with Crippen LogP contribution in [-0.4, -0.2) is 29.8 Å². The first-order valence-corrected chi connectivity index (χ1v) is 11.9. The van der Waals surface area contributed by atoms with Crippen LogP contribution in [0.5, 0.6) is 0 Å². The molecule has 3 aromatic carbocycles. The molecule has 35 heavy (non-hydrogen) atoms. The number of carbonyl (C=O) groups is 3. The summed E-state index contributed by atoms with van der Waals surface area (Å²) in [7, 11) is 0. The van der Waals surface area contributed by atoms with Gasteiger partial charge in [0.1, 0.15) is 6.04 Å². The van der Waals surface area contributed by atoms with E-state index in [1.165, 1.54) is 4.90 Å². The van der Waals surface area contributed by atoms with Crippen LogP contribution < -0.4 is 15.1 Å². The number of amides is 3. The van der Waals surface area contributed by atoms with Crippen LogP contribution in [0.15, 0.2) is 78.9 Å². The molecule has 0 bridgehead atoms. The fourth-order valence-electron chi connectivity index (χ4n) is 5.41. The third-order valence-corrected chi connectivity index (χ3v) is 7.38. The lowest BCUT2D eigenvalue weighted by molar-refractivity contribution is -0.126. The molecule has 3 aromatic rings. The van der Waals surface area contributed by atoms with Crippen LogP contribution in [-0.2, 0) is 14.4 Å². The van der Waals surface area contributed by atoms with E-state index in [0.29, 0.717) is 21.4 Å². The Morgan fingerprint density at radius 1 is 0.800 bits per heavy atom. The fourth-order valence-corrected chi connectivity index (χ4v) is 5.66. The number of carbonyl (C=O) groups excluding carboxylic acids is 3. The van der Waals surface area contributed by atoms with Gasteiger partial charge in [-0.15, -0.1) is 0 Å². The van der Waals surface area contributed by atoms with E-state index in [-0.39, 0.29) is 17.7 Å². The third-order valence-electron chi connectivity index (χ3n) is 6.88. The van der Waals surface area contributed by atoms with Crippen molar-refractivity contribution in [1.82, 2.24) is 0 Å². The molecule has 0 spiro atoms. The number of nitrogens with zero attached hydrogens (tertiary/aromatic N) is 2. The molecular weight excluding hydrogens is 485 g/mol. The predicted octanol–water partition coefficient (Wildman–Crippen LogP) is 5.02. The number of anilines is 3. The van der Waals surface area contributed by atoms with Gasteiger partial charge in [0, 0.05) is 21.4 Å². The average molecular weight is 504 g/mol. The molecule has 0 aromatic heterocycles. The molecule has 3 amide bonds. The van der Waals surface area contributed by atoms with E-state index in [0.717, 1.165) is 11.3 Å². The molecule has 3 aliphatic rings. The lowest BCUT2D eigenvalue weighted by atomic mass is 9.88. The first-order valence-electron chi connectivity index (χ1n) is 11.2. The smallest absolute Gasteiger partial charge is 0.247 e. The number of hydrogen-bond donors (Lipinski definition) is 1. The van der Waals surface area contributed by atoms with Gasteiger partial charge in [0.05, 0.1) is 23.6 Å². The van der Waals surface area contributed by atoms with Gasteiger partial charge in [-0.1, -0.05) is 53.6 Å². The summed E-state index contributed by atoms with van der Waals surface area (Å²) in [5, 5.41) is 3.98. The number of hydrogen-bond acceptors (Lipinski definition) is 4. The monoisotopic (exact) mass is 503 g/mol. The maximum absolute atomic E-state index is 13.8. The van der Waals surface area contributed by atoms with Gasteiger partial charge < -0.3 is 10.2 Å². The van der Waals surface area contributed by atoms with E-state index in [1.54, 1.807) is 48.5 Å². The van der Waals surface area contributed by atoms with E-state index in [4.69, 9.17) is 23.2 Å². The zero-order chi connectivity index (χ0) is 24.3. The van der Waals surface area contributed by atoms with Crippen LogP contribution >= 0.6 is 23.2 Å². The number of nitrogens with one attached hydrogen (secondary N) is 1. The zero-order valence-corrected chi connectivity index (χ0v) is 19.8. The third kappa shape index (κ3) is 3.44. The minimum Gasteiger partial charge on any atom is -0.351 e. The first-order chi connectivity index (χ1) is 16.9. The Bertz CT molecular complexity index is 1390. The molecule has 174 valence electrons. The van der Waals surface area contributed by atoms with E-state index >= 15 is 0 Å². The molecule has 6 nitrogen and oxygen atoms in total. The molecule has 6 rings (SSSR count). The van der Waals surface area contributed by atoms with Crippen molar-refractivity contribution in [1.29, 1.82) is 0 Å². The number of para-hydroxylation sites is 1. The lowest BCUT2D eigenvalue weighted by Gasteiger charge is -2.36. The van der Waals surface area contributed by atoms with Gasteiger partial charge in [-0.05, 0) is 60.2 Å². The van der Waals surface area contributed by atoms with Crippen LogP contribution in [0.2, 0.25) is 10.0 Å². The Morgan fingerprint density at radius 2 is 1.43 bits per heavy atom. The summed E-state index contributed by atoms with van der Waals surface area (Å²) >= 11 is 12.0. The maximum atomic E-state index is 13.8. The van der Waals surface area contributed by atoms with E-state index in [2.05, 4.69) is 5.32 Å². The predicted molar refractivity (Wildman–Crippen MR) is 137 cm³/mol. The Hall–Kier alpha value is -3.61. The summed E-state index contributed by atoms with van der Waals surface area (Å²) in [4.78, 5) is 44.3. The van der Waals surface area contributed by atoms with Crippen molar-refractivity contribution in [2.75, 3.05) is 15.1 Å². The van der Waals surface area contributed by atoms with E-state index in [9.17, 15) is 14.4 Å². The second-order valence-electron chi connectivity index (χ2n) is 8.80. The van der Waals surface area contributed by atoms with E-state index < -0.39 is 23.9 Å². The average Bonchev–Trinajstić information content (AvgIpc) is 3.34. The Labute approximate surface area is 211 Å². The number of rotatable bonds is 3. The van der Waals surface area contributed by atoms with Crippen molar-refractivity contribution >= 4 is 64.1 Å². The summed E-state index contributed by atoms with van der Waals surface area (Å²) in [6.07, 6.45) is 3.88. The molecule has 2 saturated heterocycles. The van der Waals surface area contributed by atoms with Crippen molar-refractivity contribution < 1.29 is 14.4 Å². The molecule has 8 heteroatoms. The van der Waals surface area contributed by atoms with Crippen molar-refractivity contribution in [2.24, 2.45) is 11.8 Å². The number of benzene rings is 3. The normalized spacial score (nSPS) is 24.3. The quantitative estimate of drug-likeness (QED) is 0.509. The summed E-state index contributed by atoms with van der Waals surface area (Å²) in [6.45, 7) is 0. The maximum Gasteiger partial charge on any atom is 0.247 e. The topological polar surface area (TPSA) is 69.7 Å². The van der Waals surface area contributed by atoms with Gasteiger partial charge >= 0.3 is 0 Å². The van der Waals surface area contributed by atoms with Gasteiger partial charge in [-0.25, -0.2) is 4.90 Å². The Morgan fingerprint density at radius 3 is 2.14 bits per heavy atom. The van der Waals surface area contributed by atoms with Crippen LogP contribution in [0.4, 0.5) is 17.1 Å². The highest BCUT2D eigenvalue weighted by atomic mass is 35.5. The molecule has 0 radical (unpaired) electrons. The highest BCUT2D eigenvalue weighted by Gasteiger charge is 2.64. The van der Waals surface area contributed by atoms with Gasteiger partial charge in [0.2, 0.25) is 17.7 Å². The van der Waals surface area contributed by atoms with Crippen LogP contribution in [0.1, 0.15) is 5.56 Å². The molecule has 1 N–H and O–H groups in total. The van der Waals surface area contributed by atoms with Gasteiger partial charge in [0.25, 0.3) is 0 Å². The number of imide groups is 1.